The van der Waals surface area contributed by atoms with E-state index in [9.17, 15) is 4.79 Å². The Balaban J connectivity index is 1.80. The van der Waals surface area contributed by atoms with Crippen LogP contribution in [0.3, 0.4) is 0 Å². The summed E-state index contributed by atoms with van der Waals surface area (Å²) in [5.74, 6) is 0.142. The van der Waals surface area contributed by atoms with E-state index in [1.165, 1.54) is 0 Å². The van der Waals surface area contributed by atoms with Crippen LogP contribution in [0.2, 0.25) is 10.0 Å². The van der Waals surface area contributed by atoms with Gasteiger partial charge in [-0.2, -0.15) is 0 Å². The molecule has 1 heterocycles. The Morgan fingerprint density at radius 2 is 1.96 bits per heavy atom. The molecule has 0 spiro atoms. The molecule has 1 aliphatic carbocycles. The minimum atomic E-state index is -0.173. The number of benzene rings is 1. The second-order valence-corrected chi connectivity index (χ2v) is 6.68. The Labute approximate surface area is 150 Å². The third-order valence-electron chi connectivity index (χ3n) is 3.98. The van der Waals surface area contributed by atoms with E-state index in [1.54, 1.807) is 24.3 Å². The molecule has 1 aliphatic rings. The molecule has 24 heavy (non-hydrogen) atoms. The van der Waals surface area contributed by atoms with Crippen LogP contribution in [-0.2, 0) is 0 Å². The van der Waals surface area contributed by atoms with E-state index in [1.807, 2.05) is 6.92 Å². The number of carbonyl (C=O) groups is 1. The van der Waals surface area contributed by atoms with Gasteiger partial charge in [0.05, 0.1) is 15.7 Å². The standard InChI is InChI=1S/C17H18Cl2N4O/c1-10-9-14(16(24)21-11-5-2-3-6-11)23-17(20-10)22-13-8-4-7-12(18)15(13)19/h4,7-9,11H,2-3,5-6H2,1H3,(H,21,24)(H,20,22,23). The monoisotopic (exact) mass is 364 g/mol. The molecule has 0 aliphatic heterocycles. The molecule has 1 fully saturated rings. The smallest absolute Gasteiger partial charge is 0.270 e. The SMILES string of the molecule is Cc1cc(C(=O)NC2CCCC2)nc(Nc2cccc(Cl)c2Cl)n1. The summed E-state index contributed by atoms with van der Waals surface area (Å²) in [6.07, 6.45) is 4.37. The Hall–Kier alpha value is -1.85. The average Bonchev–Trinajstić information content (AvgIpc) is 3.04. The fourth-order valence-corrected chi connectivity index (χ4v) is 3.14. The summed E-state index contributed by atoms with van der Waals surface area (Å²) in [5, 5.41) is 6.88. The summed E-state index contributed by atoms with van der Waals surface area (Å²) in [4.78, 5) is 21.0. The van der Waals surface area contributed by atoms with E-state index in [2.05, 4.69) is 20.6 Å². The summed E-state index contributed by atoms with van der Waals surface area (Å²) >= 11 is 12.2. The van der Waals surface area contributed by atoms with Gasteiger partial charge in [0.15, 0.2) is 0 Å². The average molecular weight is 365 g/mol. The van der Waals surface area contributed by atoms with Crippen molar-refractivity contribution in [2.75, 3.05) is 5.32 Å². The number of rotatable bonds is 4. The topological polar surface area (TPSA) is 66.9 Å². The summed E-state index contributed by atoms with van der Waals surface area (Å²) in [5.41, 5.74) is 1.63. The van der Waals surface area contributed by atoms with Gasteiger partial charge in [-0.05, 0) is 38.0 Å². The van der Waals surface area contributed by atoms with Gasteiger partial charge in [0.1, 0.15) is 5.69 Å². The Bertz CT molecular complexity index is 760. The molecule has 0 radical (unpaired) electrons. The summed E-state index contributed by atoms with van der Waals surface area (Å²) in [6, 6.07) is 7.17. The number of hydrogen-bond acceptors (Lipinski definition) is 4. The zero-order valence-electron chi connectivity index (χ0n) is 13.3. The number of hydrogen-bond donors (Lipinski definition) is 2. The lowest BCUT2D eigenvalue weighted by Gasteiger charge is -2.13. The maximum Gasteiger partial charge on any atom is 0.270 e. The molecule has 0 atom stereocenters. The number of carbonyl (C=O) groups excluding carboxylic acids is 1. The highest BCUT2D eigenvalue weighted by molar-refractivity contribution is 6.43. The lowest BCUT2D eigenvalue weighted by atomic mass is 10.2. The van der Waals surface area contributed by atoms with E-state index in [4.69, 9.17) is 23.2 Å². The number of amides is 1. The van der Waals surface area contributed by atoms with Crippen molar-refractivity contribution in [1.82, 2.24) is 15.3 Å². The first-order valence-corrected chi connectivity index (χ1v) is 8.66. The second kappa shape index (κ2) is 7.36. The van der Waals surface area contributed by atoms with Crippen molar-refractivity contribution in [2.24, 2.45) is 0 Å². The van der Waals surface area contributed by atoms with Gasteiger partial charge in [0, 0.05) is 11.7 Å². The van der Waals surface area contributed by atoms with E-state index >= 15 is 0 Å². The maximum atomic E-state index is 12.4. The van der Waals surface area contributed by atoms with Crippen LogP contribution in [-0.4, -0.2) is 21.9 Å². The summed E-state index contributed by atoms with van der Waals surface area (Å²) in [7, 11) is 0. The van der Waals surface area contributed by atoms with Gasteiger partial charge in [-0.1, -0.05) is 42.1 Å². The molecule has 0 bridgehead atoms. The number of anilines is 2. The maximum absolute atomic E-state index is 12.4. The first-order chi connectivity index (χ1) is 11.5. The van der Waals surface area contributed by atoms with Gasteiger partial charge in [-0.15, -0.1) is 0 Å². The number of halogens is 2. The van der Waals surface area contributed by atoms with E-state index in [-0.39, 0.29) is 11.9 Å². The molecule has 5 nitrogen and oxygen atoms in total. The van der Waals surface area contributed by atoms with Crippen LogP contribution in [0.4, 0.5) is 11.6 Å². The van der Waals surface area contributed by atoms with Crippen LogP contribution in [0.15, 0.2) is 24.3 Å². The molecule has 126 valence electrons. The Morgan fingerprint density at radius 1 is 1.21 bits per heavy atom. The van der Waals surface area contributed by atoms with Gasteiger partial charge >= 0.3 is 0 Å². The van der Waals surface area contributed by atoms with E-state index < -0.39 is 0 Å². The molecule has 3 rings (SSSR count). The highest BCUT2D eigenvalue weighted by atomic mass is 35.5. The third-order valence-corrected chi connectivity index (χ3v) is 4.79. The molecule has 0 saturated heterocycles. The molecule has 2 N–H and O–H groups in total. The van der Waals surface area contributed by atoms with Crippen molar-refractivity contribution in [3.8, 4) is 0 Å². The van der Waals surface area contributed by atoms with E-state index in [0.717, 1.165) is 25.7 Å². The van der Waals surface area contributed by atoms with Gasteiger partial charge < -0.3 is 10.6 Å². The summed E-state index contributed by atoms with van der Waals surface area (Å²) < 4.78 is 0. The van der Waals surface area contributed by atoms with Gasteiger partial charge in [-0.25, -0.2) is 9.97 Å². The van der Waals surface area contributed by atoms with Crippen molar-refractivity contribution < 1.29 is 4.79 Å². The molecule has 1 aromatic carbocycles. The van der Waals surface area contributed by atoms with Crippen molar-refractivity contribution >= 4 is 40.7 Å². The lowest BCUT2D eigenvalue weighted by molar-refractivity contribution is 0.0932. The minimum Gasteiger partial charge on any atom is -0.348 e. The third kappa shape index (κ3) is 3.97. The molecular formula is C17H18Cl2N4O. The lowest BCUT2D eigenvalue weighted by Crippen LogP contribution is -2.33. The fourth-order valence-electron chi connectivity index (χ4n) is 2.79. The van der Waals surface area contributed by atoms with E-state index in [0.29, 0.717) is 33.1 Å². The molecule has 1 aromatic heterocycles. The second-order valence-electron chi connectivity index (χ2n) is 5.90. The van der Waals surface area contributed by atoms with Crippen molar-refractivity contribution in [2.45, 2.75) is 38.6 Å². The van der Waals surface area contributed by atoms with Gasteiger partial charge in [0.2, 0.25) is 5.95 Å². The van der Waals surface area contributed by atoms with Crippen LogP contribution < -0.4 is 10.6 Å². The predicted molar refractivity (Wildman–Crippen MR) is 96.2 cm³/mol. The molecule has 7 heteroatoms. The van der Waals surface area contributed by atoms with Crippen LogP contribution in [0.1, 0.15) is 41.9 Å². The van der Waals surface area contributed by atoms with Crippen LogP contribution in [0.5, 0.6) is 0 Å². The minimum absolute atomic E-state index is 0.173. The molecule has 1 saturated carbocycles. The Morgan fingerprint density at radius 3 is 2.71 bits per heavy atom. The van der Waals surface area contributed by atoms with Crippen LogP contribution in [0, 0.1) is 6.92 Å². The van der Waals surface area contributed by atoms with Crippen LogP contribution in [0.25, 0.3) is 0 Å². The highest BCUT2D eigenvalue weighted by Crippen LogP contribution is 2.31. The van der Waals surface area contributed by atoms with Gasteiger partial charge in [0.25, 0.3) is 5.91 Å². The summed E-state index contributed by atoms with van der Waals surface area (Å²) in [6.45, 7) is 1.82. The number of aromatic nitrogens is 2. The van der Waals surface area contributed by atoms with Crippen molar-refractivity contribution in [3.05, 3.63) is 45.7 Å². The first kappa shape index (κ1) is 17.0. The van der Waals surface area contributed by atoms with Crippen LogP contribution >= 0.6 is 23.2 Å². The Kier molecular flexibility index (Phi) is 5.21. The molecule has 2 aromatic rings. The number of nitrogens with one attached hydrogen (secondary N) is 2. The highest BCUT2D eigenvalue weighted by Gasteiger charge is 2.19. The number of nitrogens with zero attached hydrogens (tertiary/aromatic N) is 2. The normalized spacial score (nSPS) is 14.6. The fraction of sp³-hybridized carbons (Fsp3) is 0.353. The number of aryl methyl sites for hydroxylation is 1. The van der Waals surface area contributed by atoms with Crippen molar-refractivity contribution in [1.29, 1.82) is 0 Å². The zero-order valence-corrected chi connectivity index (χ0v) is 14.8. The zero-order chi connectivity index (χ0) is 17.1. The van der Waals surface area contributed by atoms with Gasteiger partial charge in [-0.3, -0.25) is 4.79 Å². The largest absolute Gasteiger partial charge is 0.348 e. The molecule has 0 unspecified atom stereocenters. The molecular weight excluding hydrogens is 347 g/mol. The molecule has 1 amide bonds. The van der Waals surface area contributed by atoms with Crippen molar-refractivity contribution in [3.63, 3.8) is 0 Å². The first-order valence-electron chi connectivity index (χ1n) is 7.90. The quantitative estimate of drug-likeness (QED) is 0.837. The predicted octanol–water partition coefficient (Wildman–Crippen LogP) is 4.51.